The van der Waals surface area contributed by atoms with Crippen LogP contribution >= 0.6 is 46.4 Å². The second-order valence-electron chi connectivity index (χ2n) is 6.89. The van der Waals surface area contributed by atoms with Crippen molar-refractivity contribution in [3.63, 3.8) is 0 Å². The van der Waals surface area contributed by atoms with Gasteiger partial charge in [0.25, 0.3) is 11.8 Å². The SMILES string of the molecule is O=C(Nc1cccc2c1nc(C(F)(F)F)n2C(=O)c1c(Cl)cccc1Cl)c1c(Cl)cccc1Cl. The Labute approximate surface area is 210 Å². The Morgan fingerprint density at radius 2 is 1.29 bits per heavy atom. The highest BCUT2D eigenvalue weighted by atomic mass is 35.5. The summed E-state index contributed by atoms with van der Waals surface area (Å²) in [4.78, 5) is 29.6. The predicted molar refractivity (Wildman–Crippen MR) is 125 cm³/mol. The molecule has 3 aromatic carbocycles. The molecule has 0 aliphatic heterocycles. The third kappa shape index (κ3) is 4.34. The van der Waals surface area contributed by atoms with Crippen molar-refractivity contribution in [1.82, 2.24) is 9.55 Å². The van der Waals surface area contributed by atoms with Gasteiger partial charge >= 0.3 is 6.18 Å². The molecule has 4 aromatic rings. The third-order valence-electron chi connectivity index (χ3n) is 4.76. The lowest BCUT2D eigenvalue weighted by Gasteiger charge is -2.12. The number of benzene rings is 3. The number of halogens is 7. The molecule has 1 heterocycles. The number of imidazole rings is 1. The lowest BCUT2D eigenvalue weighted by atomic mass is 10.2. The summed E-state index contributed by atoms with van der Waals surface area (Å²) in [5.74, 6) is -3.42. The number of para-hydroxylation sites is 1. The predicted octanol–water partition coefficient (Wildman–Crippen LogP) is 7.61. The third-order valence-corrected chi connectivity index (χ3v) is 6.02. The van der Waals surface area contributed by atoms with Crippen LogP contribution in [0.1, 0.15) is 26.5 Å². The number of alkyl halides is 3. The Hall–Kier alpha value is -2.78. The van der Waals surface area contributed by atoms with Crippen LogP contribution in [0.15, 0.2) is 54.6 Å². The van der Waals surface area contributed by atoms with Gasteiger partial charge in [0.2, 0.25) is 5.82 Å². The Morgan fingerprint density at radius 3 is 1.82 bits per heavy atom. The quantitative estimate of drug-likeness (QED) is 0.287. The van der Waals surface area contributed by atoms with Gasteiger partial charge in [-0.3, -0.25) is 14.2 Å². The number of rotatable bonds is 3. The van der Waals surface area contributed by atoms with Gasteiger partial charge in [0.15, 0.2) is 0 Å². The molecule has 174 valence electrons. The summed E-state index contributed by atoms with van der Waals surface area (Å²) in [6, 6.07) is 12.4. The van der Waals surface area contributed by atoms with Gasteiger partial charge < -0.3 is 5.32 Å². The number of amides is 1. The van der Waals surface area contributed by atoms with Crippen LogP contribution in [-0.4, -0.2) is 21.4 Å². The molecule has 34 heavy (non-hydrogen) atoms. The van der Waals surface area contributed by atoms with Crippen LogP contribution in [-0.2, 0) is 6.18 Å². The van der Waals surface area contributed by atoms with Crippen LogP contribution in [0.3, 0.4) is 0 Å². The van der Waals surface area contributed by atoms with E-state index < -0.39 is 23.8 Å². The molecule has 0 aliphatic rings. The fourth-order valence-corrected chi connectivity index (χ4v) is 4.44. The topological polar surface area (TPSA) is 64.0 Å². The van der Waals surface area contributed by atoms with E-state index in [1.807, 2.05) is 0 Å². The van der Waals surface area contributed by atoms with Crippen molar-refractivity contribution < 1.29 is 22.8 Å². The summed E-state index contributed by atoms with van der Waals surface area (Å²) in [6.45, 7) is 0. The Bertz CT molecular complexity index is 1430. The first-order chi connectivity index (χ1) is 16.0. The van der Waals surface area contributed by atoms with Crippen molar-refractivity contribution in [3.05, 3.63) is 91.6 Å². The monoisotopic (exact) mass is 545 g/mol. The first-order valence-corrected chi connectivity index (χ1v) is 10.8. The van der Waals surface area contributed by atoms with Gasteiger partial charge in [0, 0.05) is 0 Å². The molecule has 0 unspecified atom stereocenters. The van der Waals surface area contributed by atoms with Crippen molar-refractivity contribution in [3.8, 4) is 0 Å². The zero-order valence-electron chi connectivity index (χ0n) is 16.6. The summed E-state index contributed by atoms with van der Waals surface area (Å²) in [7, 11) is 0. The normalized spacial score (nSPS) is 11.6. The Morgan fingerprint density at radius 1 is 0.794 bits per heavy atom. The van der Waals surface area contributed by atoms with Crippen molar-refractivity contribution in [1.29, 1.82) is 0 Å². The molecule has 0 spiro atoms. The summed E-state index contributed by atoms with van der Waals surface area (Å²) >= 11 is 24.2. The standard InChI is InChI=1S/C22H10Cl4F3N3O2/c23-10-4-1-5-11(24)16(10)19(33)30-14-8-3-9-15-18(14)31-21(22(27,28)29)32(15)20(34)17-12(25)6-2-7-13(17)26/h1-9H,(H,30,33). The highest BCUT2D eigenvalue weighted by molar-refractivity contribution is 6.41. The minimum absolute atomic E-state index is 0.0437. The molecule has 1 amide bonds. The molecule has 4 rings (SSSR count). The number of anilines is 1. The summed E-state index contributed by atoms with van der Waals surface area (Å²) in [5.41, 5.74) is -1.01. The molecule has 12 heteroatoms. The maximum absolute atomic E-state index is 13.9. The number of carbonyl (C=O) groups excluding carboxylic acids is 2. The van der Waals surface area contributed by atoms with Crippen LogP contribution in [0.4, 0.5) is 18.9 Å². The maximum Gasteiger partial charge on any atom is 0.450 e. The minimum Gasteiger partial charge on any atom is -0.320 e. The van der Waals surface area contributed by atoms with E-state index in [2.05, 4.69) is 10.3 Å². The van der Waals surface area contributed by atoms with Crippen LogP contribution in [0, 0.1) is 0 Å². The van der Waals surface area contributed by atoms with E-state index in [0.717, 1.165) is 0 Å². The van der Waals surface area contributed by atoms with Crippen molar-refractivity contribution in [2.24, 2.45) is 0 Å². The van der Waals surface area contributed by atoms with Crippen molar-refractivity contribution >= 4 is 74.9 Å². The number of nitrogens with one attached hydrogen (secondary N) is 1. The molecule has 1 N–H and O–H groups in total. The van der Waals surface area contributed by atoms with E-state index in [4.69, 9.17) is 46.4 Å². The Kier molecular flexibility index (Phi) is 6.52. The molecule has 0 aliphatic carbocycles. The molecule has 0 atom stereocenters. The zero-order valence-corrected chi connectivity index (χ0v) is 19.6. The van der Waals surface area contributed by atoms with Crippen LogP contribution < -0.4 is 5.32 Å². The second kappa shape index (κ2) is 9.11. The van der Waals surface area contributed by atoms with E-state index in [1.54, 1.807) is 0 Å². The average Bonchev–Trinajstić information content (AvgIpc) is 3.15. The first kappa shape index (κ1) is 24.3. The molecule has 0 bridgehead atoms. The highest BCUT2D eigenvalue weighted by Crippen LogP contribution is 2.36. The van der Waals surface area contributed by atoms with Gasteiger partial charge in [-0.2, -0.15) is 13.2 Å². The summed E-state index contributed by atoms with van der Waals surface area (Å²) < 4.78 is 42.1. The molecular weight excluding hydrogens is 537 g/mol. The van der Waals surface area contributed by atoms with Gasteiger partial charge in [-0.05, 0) is 36.4 Å². The Balaban J connectivity index is 1.90. The summed E-state index contributed by atoms with van der Waals surface area (Å²) in [6.07, 6.45) is -5.02. The van der Waals surface area contributed by atoms with E-state index in [-0.39, 0.29) is 47.9 Å². The number of aromatic nitrogens is 2. The fourth-order valence-electron chi connectivity index (χ4n) is 3.31. The highest BCUT2D eigenvalue weighted by Gasteiger charge is 2.40. The number of carbonyl (C=O) groups is 2. The summed E-state index contributed by atoms with van der Waals surface area (Å²) in [5, 5.41) is 2.28. The minimum atomic E-state index is -5.02. The van der Waals surface area contributed by atoms with E-state index in [0.29, 0.717) is 4.57 Å². The number of hydrogen-bond acceptors (Lipinski definition) is 3. The van der Waals surface area contributed by atoms with E-state index in [9.17, 15) is 22.8 Å². The number of hydrogen-bond donors (Lipinski definition) is 1. The van der Waals surface area contributed by atoms with Gasteiger partial charge in [0.05, 0.1) is 42.4 Å². The molecule has 5 nitrogen and oxygen atoms in total. The average molecular weight is 547 g/mol. The zero-order chi connectivity index (χ0) is 24.8. The lowest BCUT2D eigenvalue weighted by molar-refractivity contribution is -0.145. The molecule has 0 fully saturated rings. The maximum atomic E-state index is 13.9. The molecule has 0 radical (unpaired) electrons. The van der Waals surface area contributed by atoms with E-state index in [1.165, 1.54) is 54.6 Å². The van der Waals surface area contributed by atoms with Crippen molar-refractivity contribution in [2.75, 3.05) is 5.32 Å². The van der Waals surface area contributed by atoms with Gasteiger partial charge in [-0.1, -0.05) is 64.6 Å². The lowest BCUT2D eigenvalue weighted by Crippen LogP contribution is -2.22. The van der Waals surface area contributed by atoms with Crippen LogP contribution in [0.25, 0.3) is 11.0 Å². The second-order valence-corrected chi connectivity index (χ2v) is 8.52. The van der Waals surface area contributed by atoms with Gasteiger partial charge in [0.1, 0.15) is 5.52 Å². The molecule has 1 aromatic heterocycles. The van der Waals surface area contributed by atoms with Crippen molar-refractivity contribution in [2.45, 2.75) is 6.18 Å². The smallest absolute Gasteiger partial charge is 0.320 e. The van der Waals surface area contributed by atoms with Crippen LogP contribution in [0.5, 0.6) is 0 Å². The molecule has 0 saturated heterocycles. The number of fused-ring (bicyclic) bond motifs is 1. The van der Waals surface area contributed by atoms with Gasteiger partial charge in [-0.25, -0.2) is 4.98 Å². The first-order valence-electron chi connectivity index (χ1n) is 9.33. The van der Waals surface area contributed by atoms with Crippen LogP contribution in [0.2, 0.25) is 20.1 Å². The fraction of sp³-hybridized carbons (Fsp3) is 0.0455. The largest absolute Gasteiger partial charge is 0.450 e. The molecular formula is C22H10Cl4F3N3O2. The molecule has 0 saturated carbocycles. The van der Waals surface area contributed by atoms with Gasteiger partial charge in [-0.15, -0.1) is 0 Å². The van der Waals surface area contributed by atoms with E-state index >= 15 is 0 Å². The number of nitrogens with zero attached hydrogens (tertiary/aromatic N) is 2.